The van der Waals surface area contributed by atoms with Gasteiger partial charge in [0.15, 0.2) is 11.6 Å². The Hall–Kier alpha value is -1.49. The van der Waals surface area contributed by atoms with Gasteiger partial charge in [-0.15, -0.1) is 0 Å². The van der Waals surface area contributed by atoms with Crippen molar-refractivity contribution in [2.45, 2.75) is 6.92 Å². The van der Waals surface area contributed by atoms with E-state index < -0.39 is 0 Å². The van der Waals surface area contributed by atoms with Crippen LogP contribution in [0.15, 0.2) is 18.5 Å². The molecule has 0 aliphatic rings. The number of aromatic amines is 1. The number of imidazole rings is 1. The van der Waals surface area contributed by atoms with Gasteiger partial charge in [0.25, 0.3) is 0 Å². The molecule has 0 spiro atoms. The number of aromatic nitrogens is 4. The maximum Gasteiger partial charge on any atom is 0.175 e. The van der Waals surface area contributed by atoms with Gasteiger partial charge >= 0.3 is 0 Å². The maximum atomic E-state index is 5.04. The van der Waals surface area contributed by atoms with Crippen LogP contribution in [0, 0.1) is 11.6 Å². The van der Waals surface area contributed by atoms with Crippen molar-refractivity contribution in [1.82, 2.24) is 19.5 Å². The van der Waals surface area contributed by atoms with E-state index in [1.54, 1.807) is 6.20 Å². The van der Waals surface area contributed by atoms with Crippen LogP contribution in [0.2, 0.25) is 0 Å². The van der Waals surface area contributed by atoms with Crippen molar-refractivity contribution in [2.24, 2.45) is 7.05 Å². The summed E-state index contributed by atoms with van der Waals surface area (Å²) in [6, 6.07) is 1.82. The molecule has 4 nitrogen and oxygen atoms in total. The Morgan fingerprint density at radius 1 is 1.50 bits per heavy atom. The molecule has 14 heavy (non-hydrogen) atoms. The highest BCUT2D eigenvalue weighted by Crippen LogP contribution is 2.10. The number of rotatable bonds is 1. The molecule has 2 aromatic rings. The third-order valence-electron chi connectivity index (χ3n) is 1.91. The summed E-state index contributed by atoms with van der Waals surface area (Å²) < 4.78 is 2.48. The SMILES string of the molecule is Cc1cc(=S)nc(-c2nccn2C)[nH]1. The molecule has 0 atom stereocenters. The number of nitrogens with one attached hydrogen (secondary N) is 1. The Bertz CT molecular complexity index is 512. The van der Waals surface area contributed by atoms with Crippen LogP contribution in [-0.2, 0) is 7.05 Å². The smallest absolute Gasteiger partial charge is 0.175 e. The Morgan fingerprint density at radius 3 is 2.86 bits per heavy atom. The predicted octanol–water partition coefficient (Wildman–Crippen LogP) is 1.85. The third-order valence-corrected chi connectivity index (χ3v) is 2.12. The highest BCUT2D eigenvalue weighted by molar-refractivity contribution is 7.71. The standard InChI is InChI=1S/C9H10N4S/c1-6-5-7(14)12-8(11-6)9-10-3-4-13(9)2/h3-5H,1-2H3,(H,11,12,14). The second-order valence-electron chi connectivity index (χ2n) is 3.11. The minimum atomic E-state index is 0.583. The Labute approximate surface area is 86.7 Å². The van der Waals surface area contributed by atoms with Gasteiger partial charge in [0.1, 0.15) is 4.64 Å². The lowest BCUT2D eigenvalue weighted by Crippen LogP contribution is -1.98. The van der Waals surface area contributed by atoms with E-state index in [9.17, 15) is 0 Å². The molecule has 0 saturated heterocycles. The molecule has 0 fully saturated rings. The first kappa shape index (κ1) is 9.08. The van der Waals surface area contributed by atoms with Crippen molar-refractivity contribution in [2.75, 3.05) is 0 Å². The molecule has 2 aromatic heterocycles. The van der Waals surface area contributed by atoms with Crippen LogP contribution in [0.3, 0.4) is 0 Å². The minimum absolute atomic E-state index is 0.583. The maximum absolute atomic E-state index is 5.04. The topological polar surface area (TPSA) is 46.5 Å². The van der Waals surface area contributed by atoms with Crippen LogP contribution in [0.4, 0.5) is 0 Å². The summed E-state index contributed by atoms with van der Waals surface area (Å²) in [5, 5.41) is 0. The van der Waals surface area contributed by atoms with Crippen molar-refractivity contribution in [3.05, 3.63) is 28.8 Å². The number of nitrogens with zero attached hydrogens (tertiary/aromatic N) is 3. The molecule has 0 amide bonds. The lowest BCUT2D eigenvalue weighted by atomic mass is 10.4. The van der Waals surface area contributed by atoms with Gasteiger partial charge in [-0.05, 0) is 13.0 Å². The number of aryl methyl sites for hydroxylation is 2. The Kier molecular flexibility index (Phi) is 2.17. The highest BCUT2D eigenvalue weighted by Gasteiger charge is 2.05. The largest absolute Gasteiger partial charge is 0.341 e. The van der Waals surface area contributed by atoms with E-state index in [4.69, 9.17) is 12.2 Å². The fourth-order valence-electron chi connectivity index (χ4n) is 1.28. The van der Waals surface area contributed by atoms with Gasteiger partial charge in [-0.2, -0.15) is 0 Å². The summed E-state index contributed by atoms with van der Waals surface area (Å²) in [4.78, 5) is 11.5. The van der Waals surface area contributed by atoms with E-state index in [-0.39, 0.29) is 0 Å². The molecule has 0 aliphatic heterocycles. The molecule has 2 rings (SSSR count). The Morgan fingerprint density at radius 2 is 2.29 bits per heavy atom. The van der Waals surface area contributed by atoms with E-state index in [2.05, 4.69) is 15.0 Å². The number of hydrogen-bond donors (Lipinski definition) is 1. The van der Waals surface area contributed by atoms with Crippen molar-refractivity contribution >= 4 is 12.2 Å². The molecule has 0 radical (unpaired) electrons. The van der Waals surface area contributed by atoms with Crippen LogP contribution in [0.25, 0.3) is 11.6 Å². The van der Waals surface area contributed by atoms with Gasteiger partial charge in [0.2, 0.25) is 0 Å². The molecular weight excluding hydrogens is 196 g/mol. The second kappa shape index (κ2) is 3.34. The average Bonchev–Trinajstić information content (AvgIpc) is 2.49. The lowest BCUT2D eigenvalue weighted by molar-refractivity contribution is 0.901. The zero-order chi connectivity index (χ0) is 10.1. The van der Waals surface area contributed by atoms with E-state index in [0.717, 1.165) is 11.5 Å². The average molecular weight is 206 g/mol. The normalized spacial score (nSPS) is 10.4. The van der Waals surface area contributed by atoms with E-state index >= 15 is 0 Å². The molecule has 1 N–H and O–H groups in total. The van der Waals surface area contributed by atoms with E-state index in [1.807, 2.05) is 30.8 Å². The van der Waals surface area contributed by atoms with E-state index in [1.165, 1.54) is 0 Å². The molecule has 0 aliphatic carbocycles. The first-order valence-corrected chi connectivity index (χ1v) is 4.63. The van der Waals surface area contributed by atoms with Crippen molar-refractivity contribution in [1.29, 1.82) is 0 Å². The summed E-state index contributed by atoms with van der Waals surface area (Å²) in [5.41, 5.74) is 0.989. The lowest BCUT2D eigenvalue weighted by Gasteiger charge is -2.02. The van der Waals surface area contributed by atoms with Gasteiger partial charge in [-0.3, -0.25) is 0 Å². The molecule has 0 unspecified atom stereocenters. The van der Waals surface area contributed by atoms with Gasteiger partial charge in [0.05, 0.1) is 0 Å². The molecular formula is C9H10N4S. The molecule has 5 heteroatoms. The fraction of sp³-hybridized carbons (Fsp3) is 0.222. The second-order valence-corrected chi connectivity index (χ2v) is 3.53. The summed E-state index contributed by atoms with van der Waals surface area (Å²) >= 11 is 5.04. The number of hydrogen-bond acceptors (Lipinski definition) is 3. The highest BCUT2D eigenvalue weighted by atomic mass is 32.1. The van der Waals surface area contributed by atoms with Crippen molar-refractivity contribution in [3.63, 3.8) is 0 Å². The molecule has 0 aromatic carbocycles. The zero-order valence-electron chi connectivity index (χ0n) is 7.98. The summed E-state index contributed by atoms with van der Waals surface area (Å²) in [7, 11) is 1.92. The van der Waals surface area contributed by atoms with Gasteiger partial charge in [0, 0.05) is 25.1 Å². The van der Waals surface area contributed by atoms with Crippen LogP contribution in [-0.4, -0.2) is 19.5 Å². The van der Waals surface area contributed by atoms with Crippen LogP contribution < -0.4 is 0 Å². The van der Waals surface area contributed by atoms with Gasteiger partial charge in [-0.1, -0.05) is 12.2 Å². The summed E-state index contributed by atoms with van der Waals surface area (Å²) in [5.74, 6) is 1.50. The predicted molar refractivity (Wildman–Crippen MR) is 56.4 cm³/mol. The van der Waals surface area contributed by atoms with Crippen molar-refractivity contribution < 1.29 is 0 Å². The molecule has 0 saturated carbocycles. The number of H-pyrrole nitrogens is 1. The first-order valence-electron chi connectivity index (χ1n) is 4.22. The molecule has 72 valence electrons. The minimum Gasteiger partial charge on any atom is -0.341 e. The molecule has 2 heterocycles. The van der Waals surface area contributed by atoms with Crippen LogP contribution in [0.1, 0.15) is 5.69 Å². The quantitative estimate of drug-likeness (QED) is 0.724. The zero-order valence-corrected chi connectivity index (χ0v) is 8.80. The van der Waals surface area contributed by atoms with Crippen LogP contribution >= 0.6 is 12.2 Å². The Balaban J connectivity index is 2.63. The monoisotopic (exact) mass is 206 g/mol. The third kappa shape index (κ3) is 1.58. The molecule has 0 bridgehead atoms. The van der Waals surface area contributed by atoms with Crippen molar-refractivity contribution in [3.8, 4) is 11.6 Å². The van der Waals surface area contributed by atoms with Gasteiger partial charge in [-0.25, -0.2) is 9.97 Å². The van der Waals surface area contributed by atoms with Crippen LogP contribution in [0.5, 0.6) is 0 Å². The summed E-state index contributed by atoms with van der Waals surface area (Å²) in [6.45, 7) is 1.95. The summed E-state index contributed by atoms with van der Waals surface area (Å²) in [6.07, 6.45) is 3.60. The first-order chi connectivity index (χ1) is 6.66. The van der Waals surface area contributed by atoms with Gasteiger partial charge < -0.3 is 9.55 Å². The fourth-order valence-corrected chi connectivity index (χ4v) is 1.55. The van der Waals surface area contributed by atoms with E-state index in [0.29, 0.717) is 10.5 Å².